The van der Waals surface area contributed by atoms with Crippen LogP contribution in [0, 0.1) is 31.1 Å². The summed E-state index contributed by atoms with van der Waals surface area (Å²) >= 11 is 0. The summed E-state index contributed by atoms with van der Waals surface area (Å²) in [7, 11) is 1.54. The van der Waals surface area contributed by atoms with Gasteiger partial charge in [-0.3, -0.25) is 9.59 Å². The molecule has 0 saturated heterocycles. The monoisotopic (exact) mass is 322 g/mol. The second-order valence-corrected chi connectivity index (χ2v) is 5.46. The topological polar surface area (TPSA) is 79.2 Å². The van der Waals surface area contributed by atoms with Gasteiger partial charge in [0, 0.05) is 11.3 Å². The predicted octanol–water partition coefficient (Wildman–Crippen LogP) is 3.27. The van der Waals surface area contributed by atoms with E-state index in [9.17, 15) is 14.9 Å². The van der Waals surface area contributed by atoms with E-state index < -0.39 is 17.6 Å². The molecule has 5 nitrogen and oxygen atoms in total. The van der Waals surface area contributed by atoms with Gasteiger partial charge in [-0.05, 0) is 43.7 Å². The third-order valence-electron chi connectivity index (χ3n) is 3.66. The van der Waals surface area contributed by atoms with Crippen molar-refractivity contribution < 1.29 is 14.3 Å². The molecule has 1 atom stereocenters. The number of nitriles is 1. The van der Waals surface area contributed by atoms with Crippen LogP contribution in [0.3, 0.4) is 0 Å². The molecule has 2 rings (SSSR count). The van der Waals surface area contributed by atoms with Crippen molar-refractivity contribution in [2.24, 2.45) is 5.92 Å². The molecular weight excluding hydrogens is 304 g/mol. The van der Waals surface area contributed by atoms with E-state index in [-0.39, 0.29) is 0 Å². The van der Waals surface area contributed by atoms with Crippen LogP contribution in [0.5, 0.6) is 5.75 Å². The molecule has 2 aromatic rings. The minimum absolute atomic E-state index is 0.386. The molecule has 0 spiro atoms. The molecule has 1 unspecified atom stereocenters. The van der Waals surface area contributed by atoms with Gasteiger partial charge in [0.2, 0.25) is 5.91 Å². The average Bonchev–Trinajstić information content (AvgIpc) is 2.56. The maximum atomic E-state index is 12.5. The summed E-state index contributed by atoms with van der Waals surface area (Å²) < 4.78 is 5.04. The number of hydrogen-bond donors (Lipinski definition) is 1. The molecule has 0 heterocycles. The van der Waals surface area contributed by atoms with Gasteiger partial charge in [-0.1, -0.05) is 23.8 Å². The van der Waals surface area contributed by atoms with Crippen LogP contribution in [-0.2, 0) is 4.79 Å². The van der Waals surface area contributed by atoms with Gasteiger partial charge in [0.15, 0.2) is 11.7 Å². The quantitative estimate of drug-likeness (QED) is 0.677. The number of carbonyl (C=O) groups is 2. The number of carbonyl (C=O) groups excluding carboxylic acids is 2. The first kappa shape index (κ1) is 17.2. The number of methoxy groups -OCH3 is 1. The SMILES string of the molecule is COc1ccc(NC(=O)C(C#N)C(=O)c2ccc(C)cc2C)cc1. The van der Waals surface area contributed by atoms with Gasteiger partial charge in [-0.2, -0.15) is 5.26 Å². The van der Waals surface area contributed by atoms with E-state index in [2.05, 4.69) is 5.32 Å². The summed E-state index contributed by atoms with van der Waals surface area (Å²) in [6.45, 7) is 3.70. The van der Waals surface area contributed by atoms with Crippen molar-refractivity contribution in [3.63, 3.8) is 0 Å². The van der Waals surface area contributed by atoms with E-state index in [0.29, 0.717) is 17.0 Å². The van der Waals surface area contributed by atoms with Gasteiger partial charge in [-0.15, -0.1) is 0 Å². The van der Waals surface area contributed by atoms with Gasteiger partial charge in [0.05, 0.1) is 13.2 Å². The number of benzene rings is 2. The van der Waals surface area contributed by atoms with Crippen LogP contribution in [0.4, 0.5) is 5.69 Å². The maximum Gasteiger partial charge on any atom is 0.249 e. The van der Waals surface area contributed by atoms with E-state index in [0.717, 1.165) is 11.1 Å². The van der Waals surface area contributed by atoms with Crippen molar-refractivity contribution in [3.8, 4) is 11.8 Å². The molecule has 5 heteroatoms. The van der Waals surface area contributed by atoms with Crippen molar-refractivity contribution >= 4 is 17.4 Å². The molecule has 0 aliphatic carbocycles. The Morgan fingerprint density at radius 3 is 2.33 bits per heavy atom. The van der Waals surface area contributed by atoms with Crippen molar-refractivity contribution in [1.29, 1.82) is 5.26 Å². The minimum atomic E-state index is -1.39. The fraction of sp³-hybridized carbons (Fsp3) is 0.211. The zero-order chi connectivity index (χ0) is 17.7. The molecule has 1 N–H and O–H groups in total. The summed E-state index contributed by atoms with van der Waals surface area (Å²) in [4.78, 5) is 24.8. The Bertz CT molecular complexity index is 804. The van der Waals surface area contributed by atoms with Crippen LogP contribution in [0.15, 0.2) is 42.5 Å². The minimum Gasteiger partial charge on any atom is -0.497 e. The Hall–Kier alpha value is -3.13. The first-order valence-corrected chi connectivity index (χ1v) is 7.42. The molecule has 0 saturated carbocycles. The molecule has 0 radical (unpaired) electrons. The Balaban J connectivity index is 2.18. The predicted molar refractivity (Wildman–Crippen MR) is 91.0 cm³/mol. The fourth-order valence-electron chi connectivity index (χ4n) is 2.37. The summed E-state index contributed by atoms with van der Waals surface area (Å²) in [5, 5.41) is 11.9. The van der Waals surface area contributed by atoms with Crippen LogP contribution in [0.2, 0.25) is 0 Å². The van der Waals surface area contributed by atoms with Gasteiger partial charge in [-0.25, -0.2) is 0 Å². The lowest BCUT2D eigenvalue weighted by molar-refractivity contribution is -0.117. The van der Waals surface area contributed by atoms with Crippen molar-refractivity contribution in [2.75, 3.05) is 12.4 Å². The largest absolute Gasteiger partial charge is 0.497 e. The number of ketones is 1. The number of rotatable bonds is 5. The molecule has 1 amide bonds. The van der Waals surface area contributed by atoms with E-state index in [1.165, 1.54) is 0 Å². The summed E-state index contributed by atoms with van der Waals surface area (Å²) in [5.74, 6) is -1.89. The first-order valence-electron chi connectivity index (χ1n) is 7.42. The van der Waals surface area contributed by atoms with E-state index in [4.69, 9.17) is 4.74 Å². The second-order valence-electron chi connectivity index (χ2n) is 5.46. The highest BCUT2D eigenvalue weighted by atomic mass is 16.5. The molecule has 0 aromatic heterocycles. The number of Topliss-reactive ketones (excluding diaryl/α,β-unsaturated/α-hetero) is 1. The Kier molecular flexibility index (Phi) is 5.33. The number of aryl methyl sites for hydroxylation is 2. The number of nitrogens with one attached hydrogen (secondary N) is 1. The lowest BCUT2D eigenvalue weighted by Crippen LogP contribution is -2.29. The van der Waals surface area contributed by atoms with E-state index in [1.54, 1.807) is 56.5 Å². The number of amides is 1. The molecular formula is C19H18N2O3. The van der Waals surface area contributed by atoms with Gasteiger partial charge in [0.1, 0.15) is 5.75 Å². The fourth-order valence-corrected chi connectivity index (χ4v) is 2.37. The molecule has 0 bridgehead atoms. The summed E-state index contributed by atoms with van der Waals surface area (Å²) in [5.41, 5.74) is 2.64. The zero-order valence-corrected chi connectivity index (χ0v) is 13.8. The maximum absolute atomic E-state index is 12.5. The highest BCUT2D eigenvalue weighted by Crippen LogP contribution is 2.19. The van der Waals surface area contributed by atoms with E-state index >= 15 is 0 Å². The molecule has 2 aromatic carbocycles. The standard InChI is InChI=1S/C19H18N2O3/c1-12-4-9-16(13(2)10-12)18(22)17(11-20)19(23)21-14-5-7-15(24-3)8-6-14/h4-10,17H,1-3H3,(H,21,23). The summed E-state index contributed by atoms with van der Waals surface area (Å²) in [6.07, 6.45) is 0. The van der Waals surface area contributed by atoms with Crippen molar-refractivity contribution in [1.82, 2.24) is 0 Å². The van der Waals surface area contributed by atoms with Crippen LogP contribution in [-0.4, -0.2) is 18.8 Å². The molecule has 0 aliphatic rings. The van der Waals surface area contributed by atoms with Crippen LogP contribution >= 0.6 is 0 Å². The first-order chi connectivity index (χ1) is 11.5. The number of hydrogen-bond acceptors (Lipinski definition) is 4. The Morgan fingerprint density at radius 2 is 1.79 bits per heavy atom. The van der Waals surface area contributed by atoms with E-state index in [1.807, 2.05) is 13.0 Å². The normalized spacial score (nSPS) is 11.2. The Morgan fingerprint density at radius 1 is 1.12 bits per heavy atom. The highest BCUT2D eigenvalue weighted by molar-refractivity contribution is 6.16. The summed E-state index contributed by atoms with van der Waals surface area (Å²) in [6, 6.07) is 13.7. The number of nitrogens with zero attached hydrogens (tertiary/aromatic N) is 1. The number of ether oxygens (including phenoxy) is 1. The van der Waals surface area contributed by atoms with Crippen molar-refractivity contribution in [2.45, 2.75) is 13.8 Å². The smallest absolute Gasteiger partial charge is 0.249 e. The van der Waals surface area contributed by atoms with Gasteiger partial charge >= 0.3 is 0 Å². The lowest BCUT2D eigenvalue weighted by Gasteiger charge is -2.12. The van der Waals surface area contributed by atoms with Crippen LogP contribution in [0.25, 0.3) is 0 Å². The van der Waals surface area contributed by atoms with Crippen molar-refractivity contribution in [3.05, 3.63) is 59.2 Å². The molecule has 24 heavy (non-hydrogen) atoms. The molecule has 0 fully saturated rings. The third kappa shape index (κ3) is 3.79. The molecule has 0 aliphatic heterocycles. The lowest BCUT2D eigenvalue weighted by atomic mass is 9.93. The number of anilines is 1. The van der Waals surface area contributed by atoms with Crippen LogP contribution in [0.1, 0.15) is 21.5 Å². The Labute approximate surface area is 140 Å². The van der Waals surface area contributed by atoms with Crippen LogP contribution < -0.4 is 10.1 Å². The zero-order valence-electron chi connectivity index (χ0n) is 13.8. The average molecular weight is 322 g/mol. The second kappa shape index (κ2) is 7.42. The third-order valence-corrected chi connectivity index (χ3v) is 3.66. The van der Waals surface area contributed by atoms with Gasteiger partial charge < -0.3 is 10.1 Å². The van der Waals surface area contributed by atoms with Gasteiger partial charge in [0.25, 0.3) is 0 Å². The highest BCUT2D eigenvalue weighted by Gasteiger charge is 2.28. The molecule has 122 valence electrons.